The molecular weight excluding hydrogens is 292 g/mol. The molecule has 21 heavy (non-hydrogen) atoms. The summed E-state index contributed by atoms with van der Waals surface area (Å²) in [5, 5.41) is 40.4. The number of nitrogens with zero attached hydrogens (tertiary/aromatic N) is 2. The van der Waals surface area contributed by atoms with Gasteiger partial charge in [0, 0.05) is 15.5 Å². The third-order valence-corrected chi connectivity index (χ3v) is 3.99. The molecule has 2 aromatic rings. The van der Waals surface area contributed by atoms with Gasteiger partial charge in [0.15, 0.2) is 0 Å². The van der Waals surface area contributed by atoms with Crippen molar-refractivity contribution >= 4 is 23.1 Å². The summed E-state index contributed by atoms with van der Waals surface area (Å²) < 4.78 is 0. The molecular formula is C14H14N2O4S-2. The Kier molecular flexibility index (Phi) is 4.71. The second kappa shape index (κ2) is 6.33. The fourth-order valence-electron chi connectivity index (χ4n) is 1.84. The van der Waals surface area contributed by atoms with Crippen LogP contribution >= 0.6 is 11.8 Å². The van der Waals surface area contributed by atoms with Gasteiger partial charge in [-0.15, -0.1) is 5.23 Å². The van der Waals surface area contributed by atoms with Crippen molar-refractivity contribution in [1.82, 2.24) is 0 Å². The Labute approximate surface area is 126 Å². The molecule has 0 spiro atoms. The fourth-order valence-corrected chi connectivity index (χ4v) is 2.84. The first-order valence-corrected chi connectivity index (χ1v) is 6.91. The van der Waals surface area contributed by atoms with Crippen LogP contribution in [-0.4, -0.2) is 10.4 Å². The third-order valence-electron chi connectivity index (χ3n) is 2.86. The molecule has 0 saturated carbocycles. The number of anilines is 2. The summed E-state index contributed by atoms with van der Waals surface area (Å²) in [5.41, 5.74) is 1.81. The van der Waals surface area contributed by atoms with Crippen molar-refractivity contribution in [3.8, 4) is 0 Å². The molecule has 0 fully saturated rings. The van der Waals surface area contributed by atoms with E-state index >= 15 is 0 Å². The lowest BCUT2D eigenvalue weighted by molar-refractivity contribution is 0.0277. The first-order chi connectivity index (χ1) is 9.88. The van der Waals surface area contributed by atoms with Gasteiger partial charge < -0.3 is 15.6 Å². The lowest BCUT2D eigenvalue weighted by atomic mass is 10.2. The maximum absolute atomic E-state index is 11.1. The second-order valence-electron chi connectivity index (χ2n) is 4.59. The maximum atomic E-state index is 11.1. The maximum Gasteiger partial charge on any atom is 0.108 e. The molecule has 0 unspecified atom stereocenters. The summed E-state index contributed by atoms with van der Waals surface area (Å²) >= 11 is 1.11. The average molecular weight is 306 g/mol. The summed E-state index contributed by atoms with van der Waals surface area (Å²) in [5.74, 6) is 0. The van der Waals surface area contributed by atoms with Crippen LogP contribution in [0.15, 0.2) is 46.2 Å². The van der Waals surface area contributed by atoms with Crippen LogP contribution in [0.25, 0.3) is 0 Å². The van der Waals surface area contributed by atoms with Gasteiger partial charge in [0.2, 0.25) is 0 Å². The number of hydrogen-bond donors (Lipinski definition) is 2. The molecule has 112 valence electrons. The van der Waals surface area contributed by atoms with Crippen molar-refractivity contribution < 1.29 is 10.4 Å². The molecule has 2 aromatic carbocycles. The van der Waals surface area contributed by atoms with Gasteiger partial charge in [-0.3, -0.25) is 10.4 Å². The third kappa shape index (κ3) is 3.66. The Balaban J connectivity index is 2.43. The quantitative estimate of drug-likeness (QED) is 0.829. The summed E-state index contributed by atoms with van der Waals surface area (Å²) in [6, 6.07) is 10.0. The summed E-state index contributed by atoms with van der Waals surface area (Å²) in [4.78, 5) is 0.954. The van der Waals surface area contributed by atoms with E-state index in [1.165, 1.54) is 6.07 Å². The van der Waals surface area contributed by atoms with Crippen LogP contribution in [0, 0.1) is 24.3 Å². The molecule has 6 nitrogen and oxygen atoms in total. The summed E-state index contributed by atoms with van der Waals surface area (Å²) in [6.07, 6.45) is 0. The first-order valence-electron chi connectivity index (χ1n) is 6.10. The minimum absolute atomic E-state index is 0.00560. The van der Waals surface area contributed by atoms with E-state index < -0.39 is 5.23 Å². The average Bonchev–Trinajstić information content (AvgIpc) is 2.42. The number of benzene rings is 2. The fraction of sp³-hybridized carbons (Fsp3) is 0.143. The van der Waals surface area contributed by atoms with E-state index in [0.717, 1.165) is 22.9 Å². The van der Waals surface area contributed by atoms with E-state index in [1.807, 2.05) is 6.92 Å². The topological polar surface area (TPSA) is 93.1 Å². The predicted octanol–water partition coefficient (Wildman–Crippen LogP) is 3.84. The van der Waals surface area contributed by atoms with Crippen molar-refractivity contribution in [1.29, 1.82) is 0 Å². The van der Waals surface area contributed by atoms with Gasteiger partial charge in [0.25, 0.3) is 0 Å². The molecule has 7 heteroatoms. The monoisotopic (exact) mass is 306 g/mol. The molecule has 0 aliphatic heterocycles. The molecule has 0 aromatic heterocycles. The number of aryl methyl sites for hydroxylation is 2. The van der Waals surface area contributed by atoms with Crippen LogP contribution in [0.4, 0.5) is 11.4 Å². The van der Waals surface area contributed by atoms with Gasteiger partial charge in [0.05, 0.1) is 0 Å². The molecule has 0 saturated heterocycles. The van der Waals surface area contributed by atoms with Crippen molar-refractivity contribution in [2.45, 2.75) is 23.6 Å². The summed E-state index contributed by atoms with van der Waals surface area (Å²) in [6.45, 7) is 3.59. The van der Waals surface area contributed by atoms with Gasteiger partial charge in [-0.1, -0.05) is 23.9 Å². The highest BCUT2D eigenvalue weighted by Gasteiger charge is 2.11. The Bertz CT molecular complexity index is 591. The van der Waals surface area contributed by atoms with Crippen LogP contribution in [0.3, 0.4) is 0 Å². The molecule has 0 amide bonds. The van der Waals surface area contributed by atoms with Gasteiger partial charge in [0.1, 0.15) is 5.69 Å². The smallest absolute Gasteiger partial charge is 0.108 e. The second-order valence-corrected chi connectivity index (χ2v) is 5.67. The number of hydrogen-bond acceptors (Lipinski definition) is 7. The number of rotatable bonds is 4. The normalized spacial score (nSPS) is 10.6. The lowest BCUT2D eigenvalue weighted by Crippen LogP contribution is -2.12. The highest BCUT2D eigenvalue weighted by Crippen LogP contribution is 2.40. The first kappa shape index (κ1) is 15.6. The molecule has 0 radical (unpaired) electrons. The Morgan fingerprint density at radius 1 is 0.857 bits per heavy atom. The zero-order valence-corrected chi connectivity index (χ0v) is 12.3. The molecule has 0 aliphatic rings. The van der Waals surface area contributed by atoms with Crippen LogP contribution in [0.2, 0.25) is 0 Å². The summed E-state index contributed by atoms with van der Waals surface area (Å²) in [7, 11) is 0. The minimum Gasteiger partial charge on any atom is -0.769 e. The standard InChI is InChI=1S/C14H14N2O4S/c1-9-3-5-13(11(7-9)15(17)18)21-14-6-4-10(2)8-12(14)16(19)20/h3-8,17-18H,1-2H3/q-2. The van der Waals surface area contributed by atoms with Gasteiger partial charge >= 0.3 is 0 Å². The molecule has 2 N–H and O–H groups in total. The van der Waals surface area contributed by atoms with Crippen molar-refractivity contribution in [3.63, 3.8) is 0 Å². The highest BCUT2D eigenvalue weighted by molar-refractivity contribution is 7.99. The Hall–Kier alpha value is -1.77. The largest absolute Gasteiger partial charge is 0.769 e. The Morgan fingerprint density at radius 3 is 1.81 bits per heavy atom. The van der Waals surface area contributed by atoms with Crippen molar-refractivity contribution in [2.24, 2.45) is 0 Å². The van der Waals surface area contributed by atoms with Gasteiger partial charge in [-0.2, -0.15) is 0 Å². The van der Waals surface area contributed by atoms with Crippen LogP contribution in [-0.2, 0) is 0 Å². The van der Waals surface area contributed by atoms with Crippen molar-refractivity contribution in [2.75, 3.05) is 10.5 Å². The van der Waals surface area contributed by atoms with Crippen molar-refractivity contribution in [3.05, 3.63) is 57.9 Å². The van der Waals surface area contributed by atoms with Crippen LogP contribution in [0.1, 0.15) is 11.1 Å². The molecule has 2 rings (SSSR count). The molecule has 0 atom stereocenters. The van der Waals surface area contributed by atoms with E-state index in [9.17, 15) is 20.8 Å². The predicted molar refractivity (Wildman–Crippen MR) is 81.7 cm³/mol. The zero-order valence-electron chi connectivity index (χ0n) is 11.5. The molecule has 0 aliphatic carbocycles. The minimum atomic E-state index is -0.446. The van der Waals surface area contributed by atoms with Crippen LogP contribution in [0.5, 0.6) is 0 Å². The van der Waals surface area contributed by atoms with E-state index in [1.54, 1.807) is 37.3 Å². The van der Waals surface area contributed by atoms with E-state index in [-0.39, 0.29) is 16.6 Å². The van der Waals surface area contributed by atoms with E-state index in [2.05, 4.69) is 0 Å². The molecule has 0 heterocycles. The highest BCUT2D eigenvalue weighted by atomic mass is 32.2. The molecule has 0 bridgehead atoms. The SMILES string of the molecule is Cc1ccc(Sc2ccc(C)cc2N(O)O)c(N([O-])[O-])c1. The Morgan fingerprint density at radius 2 is 1.33 bits per heavy atom. The van der Waals surface area contributed by atoms with Crippen LogP contribution < -0.4 is 10.5 Å². The van der Waals surface area contributed by atoms with E-state index in [0.29, 0.717) is 9.79 Å². The van der Waals surface area contributed by atoms with E-state index in [4.69, 9.17) is 0 Å². The zero-order chi connectivity index (χ0) is 15.6. The van der Waals surface area contributed by atoms with Gasteiger partial charge in [-0.25, -0.2) is 0 Å². The lowest BCUT2D eigenvalue weighted by Gasteiger charge is -2.39. The van der Waals surface area contributed by atoms with Gasteiger partial charge in [-0.05, 0) is 49.2 Å².